The van der Waals surface area contributed by atoms with Gasteiger partial charge in [-0.2, -0.15) is 13.2 Å². The van der Waals surface area contributed by atoms with E-state index in [1.165, 1.54) is 58.7 Å². The minimum atomic E-state index is -6.09. The highest BCUT2D eigenvalue weighted by Crippen LogP contribution is 2.28. The highest BCUT2D eigenvalue weighted by Gasteiger charge is 2.37. The summed E-state index contributed by atoms with van der Waals surface area (Å²) in [6, 6.07) is 28.0. The zero-order chi connectivity index (χ0) is 31.3. The molecule has 5 rings (SSSR count). The van der Waals surface area contributed by atoms with Crippen molar-refractivity contribution in [3.63, 3.8) is 0 Å². The molecule has 0 aliphatic carbocycles. The topological polar surface area (TPSA) is 75.7 Å². The zero-order valence-corrected chi connectivity index (χ0v) is 26.2. The van der Waals surface area contributed by atoms with Crippen molar-refractivity contribution in [2.75, 3.05) is 24.7 Å². The Labute approximate surface area is 255 Å². The predicted molar refractivity (Wildman–Crippen MR) is 169 cm³/mol. The predicted octanol–water partition coefficient (Wildman–Crippen LogP) is 8.86. The van der Waals surface area contributed by atoms with Crippen molar-refractivity contribution in [3.05, 3.63) is 78.9 Å². The summed E-state index contributed by atoms with van der Waals surface area (Å²) in [5.74, 6) is 4.79. The lowest BCUT2D eigenvalue weighted by atomic mass is 10.1. The summed E-state index contributed by atoms with van der Waals surface area (Å²) >= 11 is 0. The molecule has 10 heteroatoms. The fourth-order valence-electron chi connectivity index (χ4n) is 4.34. The van der Waals surface area contributed by atoms with Crippen LogP contribution in [0.3, 0.4) is 0 Å². The van der Waals surface area contributed by atoms with Crippen molar-refractivity contribution in [1.29, 1.82) is 0 Å². The third-order valence-electron chi connectivity index (χ3n) is 6.70. The number of halogens is 3. The second-order valence-corrected chi connectivity index (χ2v) is 13.7. The smallest absolute Gasteiger partial charge is 0.485 e. The van der Waals surface area contributed by atoms with Crippen molar-refractivity contribution < 1.29 is 35.6 Å². The molecule has 0 bridgehead atoms. The van der Waals surface area contributed by atoms with Gasteiger partial charge in [0.2, 0.25) is 0 Å². The van der Waals surface area contributed by atoms with Gasteiger partial charge in [-0.25, -0.2) is 8.42 Å². The van der Waals surface area contributed by atoms with Gasteiger partial charge in [0.05, 0.1) is 13.2 Å². The molecule has 0 amide bonds. The monoisotopic (exact) mass is 636 g/mol. The Morgan fingerprint density at radius 2 is 1.35 bits per heavy atom. The van der Waals surface area contributed by atoms with E-state index in [1.54, 1.807) is 4.90 Å². The molecule has 5 nitrogen and oxygen atoms in total. The molecule has 0 radical (unpaired) electrons. The molecule has 234 valence electrons. The molecule has 1 aliphatic rings. The van der Waals surface area contributed by atoms with E-state index in [1.807, 2.05) is 12.1 Å². The minimum absolute atomic E-state index is 0.511. The number of unbranched alkanes of at least 4 members (excludes halogenated alkanes) is 2. The Morgan fingerprint density at radius 3 is 2.00 bits per heavy atom. The molecule has 0 atom stereocenters. The molecule has 1 saturated heterocycles. The van der Waals surface area contributed by atoms with Crippen LogP contribution >= 0.6 is 0 Å². The molecule has 1 aliphatic heterocycles. The van der Waals surface area contributed by atoms with Crippen LogP contribution in [0, 0.1) is 0 Å². The van der Waals surface area contributed by atoms with E-state index < -0.39 is 15.6 Å². The maximum absolute atomic E-state index is 10.7. The van der Waals surface area contributed by atoms with Crippen LogP contribution in [0.1, 0.15) is 52.4 Å². The summed E-state index contributed by atoms with van der Waals surface area (Å²) in [5, 5.41) is 5.10. The minimum Gasteiger partial charge on any atom is -0.741 e. The number of rotatable bonds is 9. The molecular weight excluding hydrogens is 597 g/mol. The van der Waals surface area contributed by atoms with Crippen LogP contribution in [0.4, 0.5) is 13.2 Å². The lowest BCUT2D eigenvalue weighted by Gasteiger charge is -2.08. The number of alkyl halides is 3. The van der Waals surface area contributed by atoms with Crippen LogP contribution < -0.4 is 9.47 Å². The average Bonchev–Trinajstić information content (AvgIpc) is 3.52. The highest BCUT2D eigenvalue weighted by molar-refractivity contribution is 7.97. The molecule has 0 spiro atoms. The third-order valence-corrected chi connectivity index (χ3v) is 9.75. The summed E-state index contributed by atoms with van der Waals surface area (Å²) in [4.78, 5) is 1.55. The van der Waals surface area contributed by atoms with Gasteiger partial charge in [-0.1, -0.05) is 69.2 Å². The molecule has 43 heavy (non-hydrogen) atoms. The Hall–Kier alpha value is -2.95. The van der Waals surface area contributed by atoms with Crippen molar-refractivity contribution >= 4 is 42.6 Å². The lowest BCUT2D eigenvalue weighted by molar-refractivity contribution is -0.0517. The molecule has 1 heterocycles. The van der Waals surface area contributed by atoms with Gasteiger partial charge < -0.3 is 14.0 Å². The van der Waals surface area contributed by atoms with Gasteiger partial charge in [0.25, 0.3) is 0 Å². The van der Waals surface area contributed by atoms with E-state index in [0.29, 0.717) is 10.9 Å². The van der Waals surface area contributed by atoms with Crippen molar-refractivity contribution in [2.45, 2.75) is 62.8 Å². The van der Waals surface area contributed by atoms with Crippen LogP contribution in [-0.4, -0.2) is 43.2 Å². The lowest BCUT2D eigenvalue weighted by Crippen LogP contribution is -2.21. The van der Waals surface area contributed by atoms with E-state index in [-0.39, 0.29) is 0 Å². The number of hydrogen-bond donors (Lipinski definition) is 0. The van der Waals surface area contributed by atoms with Crippen LogP contribution in [0.5, 0.6) is 11.5 Å². The van der Waals surface area contributed by atoms with Gasteiger partial charge in [0.15, 0.2) is 15.0 Å². The largest absolute Gasteiger partial charge is 0.741 e. The van der Waals surface area contributed by atoms with E-state index >= 15 is 0 Å². The number of ether oxygens (including phenoxy) is 2. The first-order valence-corrected chi connectivity index (χ1v) is 17.5. The molecule has 0 unspecified atom stereocenters. The van der Waals surface area contributed by atoms with Gasteiger partial charge in [-0.3, -0.25) is 0 Å². The first-order chi connectivity index (χ1) is 20.5. The Kier molecular flexibility index (Phi) is 13.5. The fourth-order valence-corrected chi connectivity index (χ4v) is 6.68. The molecule has 0 saturated carbocycles. The Morgan fingerprint density at radius 1 is 0.767 bits per heavy atom. The fraction of sp³-hybridized carbons (Fsp3) is 0.394. The van der Waals surface area contributed by atoms with E-state index in [9.17, 15) is 13.2 Å². The first kappa shape index (κ1) is 34.5. The second kappa shape index (κ2) is 16.8. The van der Waals surface area contributed by atoms with Crippen molar-refractivity contribution in [1.82, 2.24) is 0 Å². The third kappa shape index (κ3) is 10.9. The molecule has 4 aromatic carbocycles. The van der Waals surface area contributed by atoms with Gasteiger partial charge in [-0.15, -0.1) is 0 Å². The summed E-state index contributed by atoms with van der Waals surface area (Å²) < 4.78 is 70.4. The van der Waals surface area contributed by atoms with E-state index in [4.69, 9.17) is 22.4 Å². The first-order valence-electron chi connectivity index (χ1n) is 14.5. The second-order valence-electron chi connectivity index (χ2n) is 10.1. The SMILES string of the molecule is CCCCOc1ccc2cc([S+]3CCCC3)ccc2c1.CCCCOc1cccc2ccccc12.O=S(=O)([O-])C(F)(F)F. The van der Waals surface area contributed by atoms with Crippen LogP contribution in [0.15, 0.2) is 83.8 Å². The maximum Gasteiger partial charge on any atom is 0.485 e. The van der Waals surface area contributed by atoms with E-state index in [2.05, 4.69) is 80.6 Å². The Bertz CT molecular complexity index is 1530. The maximum atomic E-state index is 10.7. The van der Waals surface area contributed by atoms with Crippen molar-refractivity contribution in [3.8, 4) is 11.5 Å². The van der Waals surface area contributed by atoms with Crippen LogP contribution in [-0.2, 0) is 21.0 Å². The molecule has 0 N–H and O–H groups in total. The van der Waals surface area contributed by atoms with E-state index in [0.717, 1.165) is 37.6 Å². The molecule has 0 aromatic heterocycles. The summed E-state index contributed by atoms with van der Waals surface area (Å²) in [6.07, 6.45) is 7.41. The van der Waals surface area contributed by atoms with Gasteiger partial charge in [0.1, 0.15) is 23.0 Å². The highest BCUT2D eigenvalue weighted by atomic mass is 32.2. The standard InChI is InChI=1S/C18H23OS.C14H16O.CHF3O3S/c1-2-3-10-19-17-8-6-16-14-18(9-7-15(16)13-17)20-11-4-5-12-20;1-2-3-11-15-14-10-6-8-12-7-4-5-9-13(12)14;2-1(3,4)8(5,6)7/h6-9,13-14H,2-5,10-12H2,1H3;4-10H,2-3,11H2,1H3;(H,5,6,7)/q+1;;/p-1. The van der Waals surface area contributed by atoms with Gasteiger partial charge >= 0.3 is 5.51 Å². The van der Waals surface area contributed by atoms with Crippen LogP contribution in [0.2, 0.25) is 0 Å². The van der Waals surface area contributed by atoms with Gasteiger partial charge in [0, 0.05) is 22.3 Å². The van der Waals surface area contributed by atoms with Crippen LogP contribution in [0.25, 0.3) is 21.5 Å². The number of hydrogen-bond acceptors (Lipinski definition) is 5. The summed E-state index contributed by atoms with van der Waals surface area (Å²) in [5.41, 5.74) is -5.65. The molecular formula is C33H39F3O5S2. The summed E-state index contributed by atoms with van der Waals surface area (Å²) in [7, 11) is -5.58. The molecule has 1 fully saturated rings. The normalized spacial score (nSPS) is 13.6. The molecule has 4 aromatic rings. The quantitative estimate of drug-likeness (QED) is 0.0794. The number of benzene rings is 4. The van der Waals surface area contributed by atoms with Crippen molar-refractivity contribution in [2.24, 2.45) is 0 Å². The Balaban J connectivity index is 0.000000194. The zero-order valence-electron chi connectivity index (χ0n) is 24.6. The average molecular weight is 637 g/mol. The number of fused-ring (bicyclic) bond motifs is 2. The van der Waals surface area contributed by atoms with Gasteiger partial charge in [-0.05, 0) is 72.2 Å². The summed E-state index contributed by atoms with van der Waals surface area (Å²) in [6.45, 7) is 6.00.